The molecule has 7 heteroatoms. The fourth-order valence-electron chi connectivity index (χ4n) is 2.93. The van der Waals surface area contributed by atoms with Gasteiger partial charge >= 0.3 is 0 Å². The Morgan fingerprint density at radius 2 is 1.73 bits per heavy atom. The first-order valence-corrected chi connectivity index (χ1v) is 9.52. The minimum absolute atomic E-state index is 0.0444. The summed E-state index contributed by atoms with van der Waals surface area (Å²) in [5.74, 6) is -0.739. The van der Waals surface area contributed by atoms with Gasteiger partial charge in [-0.25, -0.2) is 10.1 Å². The third-order valence-corrected chi connectivity index (χ3v) is 4.62. The van der Waals surface area contributed by atoms with Crippen molar-refractivity contribution in [1.29, 1.82) is 0 Å². The lowest BCUT2D eigenvalue weighted by molar-refractivity contribution is 0.0952. The molecule has 0 fully saturated rings. The number of hydrazone groups is 1. The second-order valence-electron chi connectivity index (χ2n) is 6.44. The number of phenols is 1. The van der Waals surface area contributed by atoms with E-state index in [0.717, 1.165) is 22.5 Å². The molecule has 0 spiro atoms. The van der Waals surface area contributed by atoms with E-state index in [1.807, 2.05) is 66.9 Å². The quantitative estimate of drug-likeness (QED) is 0.366. The molecular weight excluding hydrogens is 400 g/mol. The third kappa shape index (κ3) is 4.24. The maximum absolute atomic E-state index is 12.3. The molecular formula is C23H17ClN4O2. The standard InChI is InChI=1S/C23H17ClN4O2/c24-18-11-12-21(29)20(13-18)23(30)26-25-14-17-15-28(19-9-5-2-6-10-19)27-22(17)16-7-3-1-4-8-16/h1-15,29H,(H,26,30). The van der Waals surface area contributed by atoms with Gasteiger partial charge in [0.25, 0.3) is 5.91 Å². The van der Waals surface area contributed by atoms with Crippen LogP contribution in [0.15, 0.2) is 90.2 Å². The molecule has 0 radical (unpaired) electrons. The summed E-state index contributed by atoms with van der Waals surface area (Å²) in [6.45, 7) is 0. The number of amides is 1. The van der Waals surface area contributed by atoms with E-state index in [1.165, 1.54) is 24.4 Å². The zero-order valence-corrected chi connectivity index (χ0v) is 16.5. The molecule has 1 amide bonds. The number of hydrogen-bond acceptors (Lipinski definition) is 4. The molecule has 0 saturated heterocycles. The average molecular weight is 417 g/mol. The van der Waals surface area contributed by atoms with Crippen LogP contribution in [-0.2, 0) is 0 Å². The molecule has 6 nitrogen and oxygen atoms in total. The van der Waals surface area contributed by atoms with Crippen molar-refractivity contribution in [3.8, 4) is 22.7 Å². The molecule has 0 aliphatic rings. The van der Waals surface area contributed by atoms with Gasteiger partial charge in [0.1, 0.15) is 11.4 Å². The molecule has 30 heavy (non-hydrogen) atoms. The number of nitrogens with one attached hydrogen (secondary N) is 1. The highest BCUT2D eigenvalue weighted by Gasteiger charge is 2.13. The van der Waals surface area contributed by atoms with Crippen molar-refractivity contribution < 1.29 is 9.90 Å². The largest absolute Gasteiger partial charge is 0.507 e. The molecule has 3 aromatic carbocycles. The fourth-order valence-corrected chi connectivity index (χ4v) is 3.10. The summed E-state index contributed by atoms with van der Waals surface area (Å²) in [5.41, 5.74) is 5.74. The number of halogens is 1. The highest BCUT2D eigenvalue weighted by Crippen LogP contribution is 2.23. The van der Waals surface area contributed by atoms with Crippen LogP contribution in [0.2, 0.25) is 5.02 Å². The molecule has 0 bridgehead atoms. The number of benzene rings is 3. The van der Waals surface area contributed by atoms with Crippen LogP contribution in [0.3, 0.4) is 0 Å². The number of carbonyl (C=O) groups excluding carboxylic acids is 1. The lowest BCUT2D eigenvalue weighted by Crippen LogP contribution is -2.17. The second kappa shape index (κ2) is 8.63. The minimum Gasteiger partial charge on any atom is -0.507 e. The topological polar surface area (TPSA) is 79.5 Å². The number of phenolic OH excluding ortho intramolecular Hbond substituents is 1. The predicted molar refractivity (Wildman–Crippen MR) is 117 cm³/mol. The summed E-state index contributed by atoms with van der Waals surface area (Å²) >= 11 is 5.90. The first-order chi connectivity index (χ1) is 14.6. The van der Waals surface area contributed by atoms with Crippen molar-refractivity contribution >= 4 is 23.7 Å². The Morgan fingerprint density at radius 3 is 2.47 bits per heavy atom. The van der Waals surface area contributed by atoms with Crippen LogP contribution in [0.5, 0.6) is 5.75 Å². The van der Waals surface area contributed by atoms with Crippen LogP contribution in [-0.4, -0.2) is 27.0 Å². The predicted octanol–water partition coefficient (Wildman–Crippen LogP) is 4.66. The Morgan fingerprint density at radius 1 is 1.03 bits per heavy atom. The van der Waals surface area contributed by atoms with Crippen molar-refractivity contribution in [3.05, 3.63) is 101 Å². The van der Waals surface area contributed by atoms with Crippen LogP contribution >= 0.6 is 11.6 Å². The monoisotopic (exact) mass is 416 g/mol. The zero-order valence-electron chi connectivity index (χ0n) is 15.7. The Bertz CT molecular complexity index is 1200. The summed E-state index contributed by atoms with van der Waals surface area (Å²) < 4.78 is 1.76. The number of rotatable bonds is 5. The molecule has 0 saturated carbocycles. The van der Waals surface area contributed by atoms with E-state index in [2.05, 4.69) is 15.6 Å². The highest BCUT2D eigenvalue weighted by atomic mass is 35.5. The Hall–Kier alpha value is -3.90. The SMILES string of the molecule is O=C(NN=Cc1cn(-c2ccccc2)nc1-c1ccccc1)c1cc(Cl)ccc1O. The van der Waals surface area contributed by atoms with Crippen molar-refractivity contribution in [1.82, 2.24) is 15.2 Å². The summed E-state index contributed by atoms with van der Waals surface area (Å²) in [5, 5.41) is 18.9. The number of para-hydroxylation sites is 1. The first-order valence-electron chi connectivity index (χ1n) is 9.14. The Balaban J connectivity index is 1.63. The molecule has 0 atom stereocenters. The van der Waals surface area contributed by atoms with Gasteiger partial charge in [-0.05, 0) is 30.3 Å². The maximum atomic E-state index is 12.3. The van der Waals surface area contributed by atoms with Crippen LogP contribution in [0.4, 0.5) is 0 Å². The lowest BCUT2D eigenvalue weighted by Gasteiger charge is -2.03. The van der Waals surface area contributed by atoms with Crippen LogP contribution in [0.25, 0.3) is 16.9 Å². The summed E-state index contributed by atoms with van der Waals surface area (Å²) in [4.78, 5) is 12.3. The van der Waals surface area contributed by atoms with Gasteiger partial charge in [0, 0.05) is 22.3 Å². The van der Waals surface area contributed by atoms with E-state index in [-0.39, 0.29) is 11.3 Å². The molecule has 2 N–H and O–H groups in total. The third-order valence-electron chi connectivity index (χ3n) is 4.38. The fraction of sp³-hybridized carbons (Fsp3) is 0. The van der Waals surface area contributed by atoms with E-state index >= 15 is 0 Å². The van der Waals surface area contributed by atoms with Gasteiger partial charge in [-0.3, -0.25) is 4.79 Å². The van der Waals surface area contributed by atoms with E-state index in [0.29, 0.717) is 5.02 Å². The molecule has 4 rings (SSSR count). The maximum Gasteiger partial charge on any atom is 0.275 e. The van der Waals surface area contributed by atoms with Gasteiger partial charge in [0.05, 0.1) is 17.5 Å². The van der Waals surface area contributed by atoms with Gasteiger partial charge in [-0.15, -0.1) is 0 Å². The first kappa shape index (κ1) is 19.4. The zero-order chi connectivity index (χ0) is 20.9. The van der Waals surface area contributed by atoms with Gasteiger partial charge in [-0.2, -0.15) is 10.2 Å². The Labute approximate surface area is 178 Å². The smallest absolute Gasteiger partial charge is 0.275 e. The van der Waals surface area contributed by atoms with Gasteiger partial charge in [0.2, 0.25) is 0 Å². The number of nitrogens with zero attached hydrogens (tertiary/aromatic N) is 3. The minimum atomic E-state index is -0.567. The van der Waals surface area contributed by atoms with E-state index in [9.17, 15) is 9.90 Å². The van der Waals surface area contributed by atoms with Gasteiger partial charge in [-0.1, -0.05) is 60.1 Å². The average Bonchev–Trinajstić information content (AvgIpc) is 3.21. The summed E-state index contributed by atoms with van der Waals surface area (Å²) in [6, 6.07) is 23.7. The summed E-state index contributed by atoms with van der Waals surface area (Å²) in [6.07, 6.45) is 3.36. The lowest BCUT2D eigenvalue weighted by atomic mass is 10.1. The number of hydrogen-bond donors (Lipinski definition) is 2. The number of aromatic hydroxyl groups is 1. The second-order valence-corrected chi connectivity index (χ2v) is 6.88. The van der Waals surface area contributed by atoms with Crippen LogP contribution in [0.1, 0.15) is 15.9 Å². The molecule has 0 unspecified atom stereocenters. The van der Waals surface area contributed by atoms with Gasteiger partial charge < -0.3 is 5.11 Å². The normalized spacial score (nSPS) is 11.0. The number of aromatic nitrogens is 2. The van der Waals surface area contributed by atoms with Crippen molar-refractivity contribution in [2.75, 3.05) is 0 Å². The van der Waals surface area contributed by atoms with Crippen LogP contribution in [0, 0.1) is 0 Å². The molecule has 0 aliphatic heterocycles. The van der Waals surface area contributed by atoms with E-state index in [4.69, 9.17) is 11.6 Å². The van der Waals surface area contributed by atoms with Crippen molar-refractivity contribution in [2.24, 2.45) is 5.10 Å². The molecule has 1 heterocycles. The van der Waals surface area contributed by atoms with Gasteiger partial charge in [0.15, 0.2) is 0 Å². The highest BCUT2D eigenvalue weighted by molar-refractivity contribution is 6.31. The summed E-state index contributed by atoms with van der Waals surface area (Å²) in [7, 11) is 0. The molecule has 1 aromatic heterocycles. The Kier molecular flexibility index (Phi) is 5.59. The van der Waals surface area contributed by atoms with Crippen molar-refractivity contribution in [3.63, 3.8) is 0 Å². The van der Waals surface area contributed by atoms with Crippen LogP contribution < -0.4 is 5.43 Å². The number of carbonyl (C=O) groups is 1. The van der Waals surface area contributed by atoms with Crippen molar-refractivity contribution in [2.45, 2.75) is 0 Å². The molecule has 148 valence electrons. The molecule has 0 aliphatic carbocycles. The van der Waals surface area contributed by atoms with E-state index < -0.39 is 5.91 Å². The molecule has 4 aromatic rings. The van der Waals surface area contributed by atoms with E-state index in [1.54, 1.807) is 4.68 Å².